The molecule has 1 amide bonds. The summed E-state index contributed by atoms with van der Waals surface area (Å²) < 4.78 is 39.2. The summed E-state index contributed by atoms with van der Waals surface area (Å²) in [6, 6.07) is 18.2. The van der Waals surface area contributed by atoms with Gasteiger partial charge in [0.1, 0.15) is 6.54 Å². The molecule has 1 N–H and O–H groups in total. The van der Waals surface area contributed by atoms with Crippen molar-refractivity contribution in [3.8, 4) is 11.5 Å². The molecular weight excluding hydrogens is 508 g/mol. The molecule has 0 heterocycles. The van der Waals surface area contributed by atoms with Gasteiger partial charge in [0, 0.05) is 24.1 Å². The molecule has 0 radical (unpaired) electrons. The van der Waals surface area contributed by atoms with Crippen molar-refractivity contribution in [1.29, 1.82) is 0 Å². The smallest absolute Gasteiger partial charge is 0.264 e. The second-order valence-electron chi connectivity index (χ2n) is 8.76. The summed E-state index contributed by atoms with van der Waals surface area (Å²) in [5, 5.41) is 2.86. The van der Waals surface area contributed by atoms with Crippen LogP contribution in [-0.4, -0.2) is 47.4 Å². The molecule has 9 heteroatoms. The van der Waals surface area contributed by atoms with Crippen molar-refractivity contribution in [2.24, 2.45) is 0 Å². The summed E-state index contributed by atoms with van der Waals surface area (Å²) in [4.78, 5) is 12.9. The van der Waals surface area contributed by atoms with Crippen LogP contribution in [0, 0.1) is 20.8 Å². The Kier molecular flexibility index (Phi) is 9.88. The van der Waals surface area contributed by atoms with Crippen molar-refractivity contribution in [2.45, 2.75) is 31.4 Å². The molecule has 0 fully saturated rings. The van der Waals surface area contributed by atoms with E-state index in [1.807, 2.05) is 19.9 Å². The maximum absolute atomic E-state index is 13.8. The summed E-state index contributed by atoms with van der Waals surface area (Å²) in [5.74, 6) is 1.89. The molecule has 0 aliphatic rings. The number of nitrogens with zero attached hydrogens (tertiary/aromatic N) is 1. The Morgan fingerprint density at radius 2 is 1.51 bits per heavy atom. The zero-order valence-corrected chi connectivity index (χ0v) is 23.5. The minimum atomic E-state index is -4.08. The van der Waals surface area contributed by atoms with E-state index in [-0.39, 0.29) is 17.3 Å². The van der Waals surface area contributed by atoms with Crippen molar-refractivity contribution >= 4 is 33.4 Å². The maximum atomic E-state index is 13.8. The van der Waals surface area contributed by atoms with Crippen LogP contribution >= 0.6 is 11.8 Å². The normalized spacial score (nSPS) is 11.2. The van der Waals surface area contributed by atoms with Crippen LogP contribution in [0.15, 0.2) is 65.6 Å². The number of nitrogens with one attached hydrogen (secondary N) is 1. The first-order valence-corrected chi connectivity index (χ1v) is 14.5. The third-order valence-corrected chi connectivity index (χ3v) is 8.48. The molecule has 0 saturated heterocycles. The largest absolute Gasteiger partial charge is 0.493 e. The molecule has 0 aliphatic heterocycles. The number of amides is 1. The molecule has 7 nitrogen and oxygen atoms in total. The average molecular weight is 543 g/mol. The van der Waals surface area contributed by atoms with Gasteiger partial charge in [-0.15, -0.1) is 0 Å². The van der Waals surface area contributed by atoms with Crippen LogP contribution in [0.3, 0.4) is 0 Å². The molecule has 198 valence electrons. The summed E-state index contributed by atoms with van der Waals surface area (Å²) in [6.07, 6.45) is 0. The van der Waals surface area contributed by atoms with Crippen LogP contribution in [0.5, 0.6) is 11.5 Å². The Hall–Kier alpha value is -3.17. The Morgan fingerprint density at radius 3 is 2.14 bits per heavy atom. The lowest BCUT2D eigenvalue weighted by Gasteiger charge is -2.25. The highest BCUT2D eigenvalue weighted by Gasteiger charge is 2.28. The minimum absolute atomic E-state index is 0.00534. The fraction of sp³-hybridized carbons (Fsp3) is 0.321. The van der Waals surface area contributed by atoms with Gasteiger partial charge in [-0.25, -0.2) is 8.42 Å². The standard InChI is InChI=1S/C28H34N2O5S2/c1-20-6-8-23(9-7-20)19-36-13-12-29-28(31)18-30(24-15-21(2)14-22(3)16-24)37(32,33)25-10-11-26(34-4)27(17-25)35-5/h6-11,14-17H,12-13,18-19H2,1-5H3,(H,29,31). The Morgan fingerprint density at radius 1 is 0.865 bits per heavy atom. The summed E-state index contributed by atoms with van der Waals surface area (Å²) in [7, 11) is -1.16. The molecule has 0 saturated carbocycles. The molecule has 37 heavy (non-hydrogen) atoms. The number of carbonyl (C=O) groups excluding carboxylic acids is 1. The van der Waals surface area contributed by atoms with Gasteiger partial charge in [-0.1, -0.05) is 35.9 Å². The van der Waals surface area contributed by atoms with Crippen molar-refractivity contribution < 1.29 is 22.7 Å². The number of anilines is 1. The number of carbonyl (C=O) groups is 1. The number of ether oxygens (including phenoxy) is 2. The van der Waals surface area contributed by atoms with Gasteiger partial charge in [0.15, 0.2) is 11.5 Å². The third-order valence-electron chi connectivity index (χ3n) is 5.68. The van der Waals surface area contributed by atoms with Crippen molar-refractivity contribution in [3.63, 3.8) is 0 Å². The summed E-state index contributed by atoms with van der Waals surface area (Å²) >= 11 is 1.71. The highest BCUT2D eigenvalue weighted by molar-refractivity contribution is 7.98. The molecular formula is C28H34N2O5S2. The molecule has 3 aromatic rings. The van der Waals surface area contributed by atoms with E-state index in [9.17, 15) is 13.2 Å². The zero-order chi connectivity index (χ0) is 27.0. The Labute approximate surface area is 224 Å². The van der Waals surface area contributed by atoms with Gasteiger partial charge in [0.2, 0.25) is 5.91 Å². The number of thioether (sulfide) groups is 1. The number of hydrogen-bond donors (Lipinski definition) is 1. The van der Waals surface area contributed by atoms with Crippen LogP contribution < -0.4 is 19.1 Å². The van der Waals surface area contributed by atoms with Gasteiger partial charge < -0.3 is 14.8 Å². The van der Waals surface area contributed by atoms with E-state index in [1.165, 1.54) is 43.5 Å². The van der Waals surface area contributed by atoms with Gasteiger partial charge in [-0.3, -0.25) is 9.10 Å². The summed E-state index contributed by atoms with van der Waals surface area (Å²) in [6.45, 7) is 5.93. The quantitative estimate of drug-likeness (QED) is 0.329. The van der Waals surface area contributed by atoms with Crippen LogP contribution in [0.1, 0.15) is 22.3 Å². The number of sulfonamides is 1. The second kappa shape index (κ2) is 12.9. The van der Waals surface area contributed by atoms with Gasteiger partial charge in [0.25, 0.3) is 10.0 Å². The van der Waals surface area contributed by atoms with E-state index in [0.717, 1.165) is 21.2 Å². The van der Waals surface area contributed by atoms with Crippen LogP contribution in [0.4, 0.5) is 5.69 Å². The van der Waals surface area contributed by atoms with Gasteiger partial charge in [0.05, 0.1) is 24.8 Å². The predicted molar refractivity (Wildman–Crippen MR) is 150 cm³/mol. The Balaban J connectivity index is 1.75. The van der Waals surface area contributed by atoms with E-state index in [2.05, 4.69) is 36.5 Å². The molecule has 3 aromatic carbocycles. The van der Waals surface area contributed by atoms with Crippen molar-refractivity contribution in [3.05, 3.63) is 82.9 Å². The minimum Gasteiger partial charge on any atom is -0.493 e. The van der Waals surface area contributed by atoms with Crippen molar-refractivity contribution in [1.82, 2.24) is 5.32 Å². The molecule has 0 aliphatic carbocycles. The fourth-order valence-corrected chi connectivity index (χ4v) is 6.08. The second-order valence-corrected chi connectivity index (χ2v) is 11.7. The van der Waals surface area contributed by atoms with Crippen LogP contribution in [0.25, 0.3) is 0 Å². The lowest BCUT2D eigenvalue weighted by atomic mass is 10.1. The molecule has 0 spiro atoms. The SMILES string of the molecule is COc1ccc(S(=O)(=O)N(CC(=O)NCCSCc2ccc(C)cc2)c2cc(C)cc(C)c2)cc1OC. The highest BCUT2D eigenvalue weighted by Crippen LogP contribution is 2.32. The predicted octanol–water partition coefficient (Wildman–Crippen LogP) is 4.87. The number of benzene rings is 3. The van der Waals surface area contributed by atoms with E-state index in [1.54, 1.807) is 23.9 Å². The maximum Gasteiger partial charge on any atom is 0.264 e. The average Bonchev–Trinajstić information content (AvgIpc) is 2.87. The number of rotatable bonds is 12. The van der Waals surface area contributed by atoms with E-state index < -0.39 is 10.0 Å². The fourth-order valence-electron chi connectivity index (χ4n) is 3.84. The summed E-state index contributed by atoms with van der Waals surface area (Å²) in [5.41, 5.74) is 4.67. The molecule has 3 rings (SSSR count). The number of methoxy groups -OCH3 is 2. The highest BCUT2D eigenvalue weighted by atomic mass is 32.2. The molecule has 0 atom stereocenters. The zero-order valence-electron chi connectivity index (χ0n) is 21.9. The van der Waals surface area contributed by atoms with Crippen LogP contribution in [-0.2, 0) is 20.6 Å². The van der Waals surface area contributed by atoms with Gasteiger partial charge in [-0.2, -0.15) is 11.8 Å². The van der Waals surface area contributed by atoms with Gasteiger partial charge in [-0.05, 0) is 61.7 Å². The topological polar surface area (TPSA) is 84.9 Å². The van der Waals surface area contributed by atoms with Gasteiger partial charge >= 0.3 is 0 Å². The van der Waals surface area contributed by atoms with E-state index >= 15 is 0 Å². The first-order chi connectivity index (χ1) is 17.6. The monoisotopic (exact) mass is 542 g/mol. The van der Waals surface area contributed by atoms with E-state index in [0.29, 0.717) is 29.5 Å². The lowest BCUT2D eigenvalue weighted by molar-refractivity contribution is -0.119. The lowest BCUT2D eigenvalue weighted by Crippen LogP contribution is -2.41. The first-order valence-electron chi connectivity index (χ1n) is 11.9. The number of hydrogen-bond acceptors (Lipinski definition) is 6. The molecule has 0 bridgehead atoms. The number of aryl methyl sites for hydroxylation is 3. The molecule has 0 aromatic heterocycles. The van der Waals surface area contributed by atoms with E-state index in [4.69, 9.17) is 9.47 Å². The van der Waals surface area contributed by atoms with Crippen molar-refractivity contribution in [2.75, 3.05) is 37.4 Å². The van der Waals surface area contributed by atoms with Crippen LogP contribution in [0.2, 0.25) is 0 Å². The third kappa shape index (κ3) is 7.66. The first kappa shape index (κ1) is 28.4. The molecule has 0 unspecified atom stereocenters. The Bertz CT molecular complexity index is 1300.